The van der Waals surface area contributed by atoms with Gasteiger partial charge in [-0.05, 0) is 56.8 Å². The maximum atomic E-state index is 8.95. The van der Waals surface area contributed by atoms with Crippen molar-refractivity contribution >= 4 is 0 Å². The van der Waals surface area contributed by atoms with E-state index in [0.29, 0.717) is 5.56 Å². The standard InChI is InChI=1S/C17H22N2O/c1-20-17-8-7-15(12-18)11-16(17)13-19-10-9-14-5-3-2-4-6-14/h5,7-8,11,19H,2-4,6,9-10,13H2,1H3. The molecule has 0 saturated heterocycles. The number of benzene rings is 1. The lowest BCUT2D eigenvalue weighted by Gasteiger charge is -2.14. The Kier molecular flexibility index (Phi) is 5.64. The summed E-state index contributed by atoms with van der Waals surface area (Å²) >= 11 is 0. The number of rotatable bonds is 6. The van der Waals surface area contributed by atoms with Crippen LogP contribution in [0.3, 0.4) is 0 Å². The number of nitrogens with zero attached hydrogens (tertiary/aromatic N) is 1. The molecule has 1 aliphatic carbocycles. The van der Waals surface area contributed by atoms with Crippen LogP contribution < -0.4 is 10.1 Å². The summed E-state index contributed by atoms with van der Waals surface area (Å²) in [5, 5.41) is 12.4. The molecule has 0 fully saturated rings. The molecule has 1 N–H and O–H groups in total. The quantitative estimate of drug-likeness (QED) is 0.635. The second kappa shape index (κ2) is 7.72. The Hall–Kier alpha value is -1.79. The maximum absolute atomic E-state index is 8.95. The molecule has 0 amide bonds. The van der Waals surface area contributed by atoms with Crippen LogP contribution in [0.1, 0.15) is 43.2 Å². The van der Waals surface area contributed by atoms with Gasteiger partial charge in [-0.25, -0.2) is 0 Å². The van der Waals surface area contributed by atoms with E-state index >= 15 is 0 Å². The predicted octanol–water partition coefficient (Wildman–Crippen LogP) is 3.55. The molecule has 0 aromatic heterocycles. The van der Waals surface area contributed by atoms with E-state index < -0.39 is 0 Å². The summed E-state index contributed by atoms with van der Waals surface area (Å²) in [6.07, 6.45) is 8.70. The van der Waals surface area contributed by atoms with Gasteiger partial charge in [0.2, 0.25) is 0 Å². The molecule has 0 unspecified atom stereocenters. The highest BCUT2D eigenvalue weighted by Crippen LogP contribution is 2.21. The van der Waals surface area contributed by atoms with E-state index in [1.807, 2.05) is 12.1 Å². The minimum atomic E-state index is 0.678. The van der Waals surface area contributed by atoms with Crippen LogP contribution in [-0.4, -0.2) is 13.7 Å². The fraction of sp³-hybridized carbons (Fsp3) is 0.471. The van der Waals surface area contributed by atoms with Gasteiger partial charge in [-0.1, -0.05) is 11.6 Å². The van der Waals surface area contributed by atoms with Crippen molar-refractivity contribution in [3.63, 3.8) is 0 Å². The molecular formula is C17H22N2O. The van der Waals surface area contributed by atoms with E-state index in [4.69, 9.17) is 10.00 Å². The molecule has 0 aliphatic heterocycles. The molecule has 0 spiro atoms. The Bertz CT molecular complexity index is 514. The Balaban J connectivity index is 1.84. The molecule has 20 heavy (non-hydrogen) atoms. The lowest BCUT2D eigenvalue weighted by atomic mass is 9.97. The summed E-state index contributed by atoms with van der Waals surface area (Å²) in [5.74, 6) is 0.841. The van der Waals surface area contributed by atoms with Gasteiger partial charge in [0.15, 0.2) is 0 Å². The molecule has 1 aliphatic rings. The van der Waals surface area contributed by atoms with Crippen LogP contribution in [-0.2, 0) is 6.54 Å². The van der Waals surface area contributed by atoms with Gasteiger partial charge in [0, 0.05) is 12.1 Å². The number of methoxy groups -OCH3 is 1. The zero-order chi connectivity index (χ0) is 14.2. The first kappa shape index (κ1) is 14.6. The first-order chi connectivity index (χ1) is 9.83. The van der Waals surface area contributed by atoms with Crippen LogP contribution in [0.2, 0.25) is 0 Å². The summed E-state index contributed by atoms with van der Waals surface area (Å²) in [4.78, 5) is 0. The minimum absolute atomic E-state index is 0.678. The molecular weight excluding hydrogens is 248 g/mol. The van der Waals surface area contributed by atoms with Crippen molar-refractivity contribution in [3.05, 3.63) is 41.0 Å². The molecule has 2 rings (SSSR count). The van der Waals surface area contributed by atoms with E-state index in [-0.39, 0.29) is 0 Å². The smallest absolute Gasteiger partial charge is 0.123 e. The molecule has 0 atom stereocenters. The van der Waals surface area contributed by atoms with Gasteiger partial charge >= 0.3 is 0 Å². The number of ether oxygens (including phenoxy) is 1. The zero-order valence-corrected chi connectivity index (χ0v) is 12.1. The molecule has 3 heteroatoms. The SMILES string of the molecule is COc1ccc(C#N)cc1CNCCC1=CCCCC1. The summed E-state index contributed by atoms with van der Waals surface area (Å²) in [5.41, 5.74) is 3.31. The molecule has 0 heterocycles. The number of allylic oxidation sites excluding steroid dienone is 1. The van der Waals surface area contributed by atoms with Crippen molar-refractivity contribution in [1.82, 2.24) is 5.32 Å². The minimum Gasteiger partial charge on any atom is -0.496 e. The van der Waals surface area contributed by atoms with Gasteiger partial charge in [-0.2, -0.15) is 5.26 Å². The van der Waals surface area contributed by atoms with Crippen LogP contribution in [0, 0.1) is 11.3 Å². The fourth-order valence-electron chi connectivity index (χ4n) is 2.59. The lowest BCUT2D eigenvalue weighted by molar-refractivity contribution is 0.407. The normalized spacial score (nSPS) is 14.5. The highest BCUT2D eigenvalue weighted by Gasteiger charge is 2.06. The second-order valence-corrected chi connectivity index (χ2v) is 5.17. The Morgan fingerprint density at radius 3 is 2.95 bits per heavy atom. The van der Waals surface area contributed by atoms with E-state index in [1.165, 1.54) is 25.7 Å². The largest absolute Gasteiger partial charge is 0.496 e. The molecule has 0 saturated carbocycles. The average molecular weight is 270 g/mol. The van der Waals surface area contributed by atoms with Gasteiger partial charge in [0.1, 0.15) is 5.75 Å². The first-order valence-electron chi connectivity index (χ1n) is 7.29. The molecule has 1 aromatic rings. The predicted molar refractivity (Wildman–Crippen MR) is 80.6 cm³/mol. The molecule has 0 radical (unpaired) electrons. The number of nitriles is 1. The second-order valence-electron chi connectivity index (χ2n) is 5.17. The summed E-state index contributed by atoms with van der Waals surface area (Å²) < 4.78 is 5.33. The summed E-state index contributed by atoms with van der Waals surface area (Å²) in [6.45, 7) is 1.72. The van der Waals surface area contributed by atoms with E-state index in [9.17, 15) is 0 Å². The van der Waals surface area contributed by atoms with Crippen molar-refractivity contribution < 1.29 is 4.74 Å². The van der Waals surface area contributed by atoms with Gasteiger partial charge in [0.25, 0.3) is 0 Å². The Labute approximate surface area is 121 Å². The molecule has 3 nitrogen and oxygen atoms in total. The van der Waals surface area contributed by atoms with Crippen LogP contribution in [0.15, 0.2) is 29.8 Å². The average Bonchev–Trinajstić information content (AvgIpc) is 2.52. The monoisotopic (exact) mass is 270 g/mol. The van der Waals surface area contributed by atoms with Gasteiger partial charge in [-0.15, -0.1) is 0 Å². The lowest BCUT2D eigenvalue weighted by Crippen LogP contribution is -2.16. The number of hydrogen-bond acceptors (Lipinski definition) is 3. The third kappa shape index (κ3) is 4.11. The van der Waals surface area contributed by atoms with Gasteiger partial charge in [-0.3, -0.25) is 0 Å². The third-order valence-corrected chi connectivity index (χ3v) is 3.73. The maximum Gasteiger partial charge on any atom is 0.123 e. The van der Waals surface area contributed by atoms with E-state index in [2.05, 4.69) is 17.5 Å². The molecule has 106 valence electrons. The number of hydrogen-bond donors (Lipinski definition) is 1. The highest BCUT2D eigenvalue weighted by atomic mass is 16.5. The summed E-state index contributed by atoms with van der Waals surface area (Å²) in [6, 6.07) is 7.71. The van der Waals surface area contributed by atoms with Crippen molar-refractivity contribution in [2.24, 2.45) is 0 Å². The summed E-state index contributed by atoms with van der Waals surface area (Å²) in [7, 11) is 1.66. The number of nitrogens with one attached hydrogen (secondary N) is 1. The van der Waals surface area contributed by atoms with Crippen LogP contribution >= 0.6 is 0 Å². The van der Waals surface area contributed by atoms with Gasteiger partial charge < -0.3 is 10.1 Å². The fourth-order valence-corrected chi connectivity index (χ4v) is 2.59. The van der Waals surface area contributed by atoms with E-state index in [1.54, 1.807) is 18.7 Å². The van der Waals surface area contributed by atoms with Crippen LogP contribution in [0.25, 0.3) is 0 Å². The highest BCUT2D eigenvalue weighted by molar-refractivity contribution is 5.41. The Morgan fingerprint density at radius 1 is 1.35 bits per heavy atom. The topological polar surface area (TPSA) is 45.0 Å². The Morgan fingerprint density at radius 2 is 2.25 bits per heavy atom. The van der Waals surface area contributed by atoms with Crippen LogP contribution in [0.4, 0.5) is 0 Å². The van der Waals surface area contributed by atoms with Crippen molar-refractivity contribution in [3.8, 4) is 11.8 Å². The molecule has 1 aromatic carbocycles. The van der Waals surface area contributed by atoms with Crippen LogP contribution in [0.5, 0.6) is 5.75 Å². The van der Waals surface area contributed by atoms with Crippen molar-refractivity contribution in [2.75, 3.05) is 13.7 Å². The van der Waals surface area contributed by atoms with Crippen molar-refractivity contribution in [1.29, 1.82) is 5.26 Å². The van der Waals surface area contributed by atoms with E-state index in [0.717, 1.165) is 30.8 Å². The third-order valence-electron chi connectivity index (χ3n) is 3.73. The zero-order valence-electron chi connectivity index (χ0n) is 12.1. The van der Waals surface area contributed by atoms with Crippen molar-refractivity contribution in [2.45, 2.75) is 38.6 Å². The van der Waals surface area contributed by atoms with Gasteiger partial charge in [0.05, 0.1) is 18.7 Å². The first-order valence-corrected chi connectivity index (χ1v) is 7.29. The molecule has 0 bridgehead atoms.